The second-order valence-corrected chi connectivity index (χ2v) is 5.56. The van der Waals surface area contributed by atoms with Gasteiger partial charge in [-0.15, -0.1) is 0 Å². The lowest BCUT2D eigenvalue weighted by Gasteiger charge is -2.08. The Balaban J connectivity index is 2.04. The van der Waals surface area contributed by atoms with Crippen LogP contribution in [0.1, 0.15) is 0 Å². The first-order valence-corrected chi connectivity index (χ1v) is 7.69. The zero-order chi connectivity index (χ0) is 17.4. The van der Waals surface area contributed by atoms with Crippen molar-refractivity contribution in [2.45, 2.75) is 0 Å². The van der Waals surface area contributed by atoms with Crippen LogP contribution in [0.3, 0.4) is 0 Å². The summed E-state index contributed by atoms with van der Waals surface area (Å²) in [6, 6.07) is 17.1. The fourth-order valence-corrected chi connectivity index (χ4v) is 2.96. The minimum atomic E-state index is -0.900. The highest BCUT2D eigenvalue weighted by Gasteiger charge is 2.15. The monoisotopic (exact) mass is 333 g/mol. The number of ether oxygens (including phenoxy) is 2. The SMILES string of the molecule is COc1cccc(-c2nc(OC(N)=O)cc3c2[nH]c2ccccc23)c1. The quantitative estimate of drug-likeness (QED) is 0.596. The van der Waals surface area contributed by atoms with Crippen molar-refractivity contribution in [1.82, 2.24) is 9.97 Å². The van der Waals surface area contributed by atoms with E-state index in [-0.39, 0.29) is 5.88 Å². The number of H-pyrrole nitrogens is 1. The topological polar surface area (TPSA) is 90.2 Å². The van der Waals surface area contributed by atoms with Gasteiger partial charge in [-0.25, -0.2) is 9.78 Å². The van der Waals surface area contributed by atoms with Crippen LogP contribution in [-0.2, 0) is 0 Å². The molecule has 124 valence electrons. The standard InChI is InChI=1S/C19H15N3O3/c1-24-12-6-4-5-11(9-12)17-18-14(10-16(22-17)25-19(20)23)13-7-2-3-8-15(13)21-18/h2-10,21H,1H3,(H2,20,23). The molecule has 25 heavy (non-hydrogen) atoms. The lowest BCUT2D eigenvalue weighted by Crippen LogP contribution is -2.17. The van der Waals surface area contributed by atoms with Crippen LogP contribution in [-0.4, -0.2) is 23.2 Å². The van der Waals surface area contributed by atoms with E-state index >= 15 is 0 Å². The Kier molecular flexibility index (Phi) is 3.50. The fraction of sp³-hybridized carbons (Fsp3) is 0.0526. The number of rotatable bonds is 3. The maximum Gasteiger partial charge on any atom is 0.411 e. The van der Waals surface area contributed by atoms with Crippen LogP contribution in [0.4, 0.5) is 4.79 Å². The van der Waals surface area contributed by atoms with Crippen molar-refractivity contribution in [3.8, 4) is 22.9 Å². The molecule has 2 heterocycles. The molecule has 0 bridgehead atoms. The molecule has 6 nitrogen and oxygen atoms in total. The third-order valence-corrected chi connectivity index (χ3v) is 4.02. The fourth-order valence-electron chi connectivity index (χ4n) is 2.96. The molecule has 0 aliphatic carbocycles. The Morgan fingerprint density at radius 1 is 1.08 bits per heavy atom. The van der Waals surface area contributed by atoms with Crippen LogP contribution >= 0.6 is 0 Å². The Hall–Kier alpha value is -3.54. The van der Waals surface area contributed by atoms with Crippen LogP contribution in [0.2, 0.25) is 0 Å². The number of benzene rings is 2. The molecule has 0 saturated heterocycles. The van der Waals surface area contributed by atoms with Gasteiger partial charge in [0.1, 0.15) is 5.75 Å². The predicted molar refractivity (Wildman–Crippen MR) is 95.8 cm³/mol. The highest BCUT2D eigenvalue weighted by atomic mass is 16.6. The van der Waals surface area contributed by atoms with Gasteiger partial charge in [0.25, 0.3) is 0 Å². The van der Waals surface area contributed by atoms with Gasteiger partial charge in [0.15, 0.2) is 0 Å². The minimum absolute atomic E-state index is 0.155. The zero-order valence-electron chi connectivity index (χ0n) is 13.4. The summed E-state index contributed by atoms with van der Waals surface area (Å²) in [4.78, 5) is 19.0. The van der Waals surface area contributed by atoms with Crippen molar-refractivity contribution in [3.05, 3.63) is 54.6 Å². The van der Waals surface area contributed by atoms with Crippen LogP contribution < -0.4 is 15.2 Å². The Morgan fingerprint density at radius 2 is 1.92 bits per heavy atom. The number of aromatic amines is 1. The molecule has 3 N–H and O–H groups in total. The second-order valence-electron chi connectivity index (χ2n) is 5.56. The molecule has 2 aromatic heterocycles. The average Bonchev–Trinajstić information content (AvgIpc) is 2.99. The number of carbonyl (C=O) groups excluding carboxylic acids is 1. The van der Waals surface area contributed by atoms with Crippen molar-refractivity contribution in [2.75, 3.05) is 7.11 Å². The summed E-state index contributed by atoms with van der Waals surface area (Å²) in [7, 11) is 1.61. The zero-order valence-corrected chi connectivity index (χ0v) is 13.4. The smallest absolute Gasteiger partial charge is 0.411 e. The lowest BCUT2D eigenvalue weighted by molar-refractivity contribution is 0.209. The summed E-state index contributed by atoms with van der Waals surface area (Å²) < 4.78 is 10.3. The van der Waals surface area contributed by atoms with Gasteiger partial charge >= 0.3 is 6.09 Å². The van der Waals surface area contributed by atoms with Crippen molar-refractivity contribution in [2.24, 2.45) is 5.73 Å². The first-order chi connectivity index (χ1) is 12.2. The van der Waals surface area contributed by atoms with Gasteiger partial charge in [-0.3, -0.25) is 0 Å². The van der Waals surface area contributed by atoms with Crippen molar-refractivity contribution in [1.29, 1.82) is 0 Å². The van der Waals surface area contributed by atoms with Gasteiger partial charge in [-0.05, 0) is 18.2 Å². The maximum absolute atomic E-state index is 11.2. The van der Waals surface area contributed by atoms with E-state index in [4.69, 9.17) is 15.2 Å². The molecule has 1 amide bonds. The van der Waals surface area contributed by atoms with E-state index in [0.717, 1.165) is 27.4 Å². The third-order valence-electron chi connectivity index (χ3n) is 4.02. The molecule has 0 atom stereocenters. The second kappa shape index (κ2) is 5.83. The molecule has 4 aromatic rings. The first-order valence-electron chi connectivity index (χ1n) is 7.69. The summed E-state index contributed by atoms with van der Waals surface area (Å²) in [6.07, 6.45) is -0.900. The summed E-state index contributed by atoms with van der Waals surface area (Å²) in [5, 5.41) is 1.91. The van der Waals surface area contributed by atoms with E-state index in [9.17, 15) is 4.79 Å². The predicted octanol–water partition coefficient (Wildman–Crippen LogP) is 3.85. The Morgan fingerprint density at radius 3 is 2.72 bits per heavy atom. The molecule has 0 fully saturated rings. The molecule has 0 unspecified atom stereocenters. The van der Waals surface area contributed by atoms with Crippen molar-refractivity contribution in [3.63, 3.8) is 0 Å². The number of amides is 1. The highest BCUT2D eigenvalue weighted by Crippen LogP contribution is 2.35. The summed E-state index contributed by atoms with van der Waals surface area (Å²) in [6.45, 7) is 0. The first kappa shape index (κ1) is 15.0. The number of para-hydroxylation sites is 1. The van der Waals surface area contributed by atoms with Crippen LogP contribution in [0, 0.1) is 0 Å². The largest absolute Gasteiger partial charge is 0.497 e. The molecule has 0 aliphatic heterocycles. The molecule has 2 aromatic carbocycles. The number of hydrogen-bond acceptors (Lipinski definition) is 4. The van der Waals surface area contributed by atoms with Crippen LogP contribution in [0.15, 0.2) is 54.6 Å². The minimum Gasteiger partial charge on any atom is -0.497 e. The molecule has 0 radical (unpaired) electrons. The van der Waals surface area contributed by atoms with E-state index in [0.29, 0.717) is 11.4 Å². The molecule has 0 saturated carbocycles. The van der Waals surface area contributed by atoms with E-state index < -0.39 is 6.09 Å². The molecule has 4 rings (SSSR count). The van der Waals surface area contributed by atoms with Gasteiger partial charge in [-0.2, -0.15) is 0 Å². The summed E-state index contributed by atoms with van der Waals surface area (Å²) in [5.74, 6) is 0.868. The van der Waals surface area contributed by atoms with Crippen molar-refractivity contribution < 1.29 is 14.3 Å². The Labute approximate surface area is 143 Å². The van der Waals surface area contributed by atoms with E-state index in [1.807, 2.05) is 48.5 Å². The number of carbonyl (C=O) groups is 1. The summed E-state index contributed by atoms with van der Waals surface area (Å²) in [5.41, 5.74) is 8.48. The number of methoxy groups -OCH3 is 1. The normalized spacial score (nSPS) is 10.9. The molecule has 6 heteroatoms. The van der Waals surface area contributed by atoms with E-state index in [1.165, 1.54) is 0 Å². The van der Waals surface area contributed by atoms with Crippen LogP contribution in [0.5, 0.6) is 11.6 Å². The number of nitrogens with two attached hydrogens (primary N) is 1. The van der Waals surface area contributed by atoms with Crippen molar-refractivity contribution >= 4 is 27.9 Å². The number of aromatic nitrogens is 2. The Bertz CT molecular complexity index is 1100. The molecule has 0 aliphatic rings. The van der Waals surface area contributed by atoms with Gasteiger partial charge in [0.2, 0.25) is 5.88 Å². The summed E-state index contributed by atoms with van der Waals surface area (Å²) >= 11 is 0. The molecular weight excluding hydrogens is 318 g/mol. The average molecular weight is 333 g/mol. The van der Waals surface area contributed by atoms with Gasteiger partial charge in [0, 0.05) is 27.9 Å². The number of nitrogens with zero attached hydrogens (tertiary/aromatic N) is 1. The third kappa shape index (κ3) is 2.63. The lowest BCUT2D eigenvalue weighted by atomic mass is 10.1. The number of fused-ring (bicyclic) bond motifs is 3. The van der Waals surface area contributed by atoms with Gasteiger partial charge in [-0.1, -0.05) is 30.3 Å². The number of primary amides is 1. The van der Waals surface area contributed by atoms with Gasteiger partial charge < -0.3 is 20.2 Å². The maximum atomic E-state index is 11.2. The van der Waals surface area contributed by atoms with E-state index in [1.54, 1.807) is 13.2 Å². The molecular formula is C19H15N3O3. The highest BCUT2D eigenvalue weighted by molar-refractivity contribution is 6.11. The van der Waals surface area contributed by atoms with Crippen LogP contribution in [0.25, 0.3) is 33.1 Å². The number of hydrogen-bond donors (Lipinski definition) is 2. The van der Waals surface area contributed by atoms with Gasteiger partial charge in [0.05, 0.1) is 18.3 Å². The van der Waals surface area contributed by atoms with E-state index in [2.05, 4.69) is 9.97 Å². The number of nitrogens with one attached hydrogen (secondary N) is 1. The number of pyridine rings is 1. The molecule has 0 spiro atoms.